The summed E-state index contributed by atoms with van der Waals surface area (Å²) in [5, 5.41) is 8.62. The van der Waals surface area contributed by atoms with Crippen molar-refractivity contribution in [2.75, 3.05) is 6.61 Å². The molecule has 0 saturated carbocycles. The highest BCUT2D eigenvalue weighted by Crippen LogP contribution is 2.43. The van der Waals surface area contributed by atoms with Crippen LogP contribution in [0.1, 0.15) is 13.8 Å². The van der Waals surface area contributed by atoms with Gasteiger partial charge < -0.3 is 14.6 Å². The molecule has 20 heavy (non-hydrogen) atoms. The average Bonchev–Trinajstić information content (AvgIpc) is 2.20. The van der Waals surface area contributed by atoms with E-state index in [-0.39, 0.29) is 0 Å². The van der Waals surface area contributed by atoms with Crippen LogP contribution in [0.25, 0.3) is 0 Å². The van der Waals surface area contributed by atoms with Gasteiger partial charge in [-0.25, -0.2) is 4.79 Å². The lowest BCUT2D eigenvalue weighted by molar-refractivity contribution is -0.357. The first-order valence-corrected chi connectivity index (χ1v) is 4.93. The minimum absolute atomic E-state index is 0.879. The Hall–Kier alpha value is -1.52. The first-order chi connectivity index (χ1) is 8.73. The van der Waals surface area contributed by atoms with Gasteiger partial charge in [0.1, 0.15) is 12.7 Å². The van der Waals surface area contributed by atoms with Gasteiger partial charge >= 0.3 is 29.9 Å². The topological polar surface area (TPSA) is 72.8 Å². The molecule has 0 aromatic carbocycles. The quantitative estimate of drug-likeness (QED) is 0.626. The molecule has 0 heterocycles. The normalized spacial score (nSPS) is 14.7. The highest BCUT2D eigenvalue weighted by atomic mass is 19.4. The first kappa shape index (κ1) is 18.5. The molecule has 0 aromatic rings. The molecule has 0 aliphatic rings. The Kier molecular flexibility index (Phi) is 5.41. The third-order valence-electron chi connectivity index (χ3n) is 1.93. The molecule has 0 fully saturated rings. The van der Waals surface area contributed by atoms with E-state index in [1.807, 2.05) is 0 Å². The van der Waals surface area contributed by atoms with E-state index in [2.05, 4.69) is 9.47 Å². The molecule has 11 heteroatoms. The lowest BCUT2D eigenvalue weighted by atomic mass is 10.0. The molecule has 0 spiro atoms. The summed E-state index contributed by atoms with van der Waals surface area (Å²) in [5.74, 6) is -3.83. The largest absolute Gasteiger partial charge is 0.459 e. The summed E-state index contributed by atoms with van der Waals surface area (Å²) in [6.45, 7) is 0.919. The van der Waals surface area contributed by atoms with Crippen molar-refractivity contribution < 1.29 is 50.5 Å². The Labute approximate surface area is 108 Å². The first-order valence-electron chi connectivity index (χ1n) is 4.93. The van der Waals surface area contributed by atoms with Crippen molar-refractivity contribution in [2.45, 2.75) is 37.9 Å². The van der Waals surface area contributed by atoms with E-state index >= 15 is 0 Å². The maximum Gasteiger partial charge on any atom is 0.437 e. The predicted octanol–water partition coefficient (Wildman–Crippen LogP) is 1.34. The summed E-state index contributed by atoms with van der Waals surface area (Å²) >= 11 is 0. The number of hydrogen-bond acceptors (Lipinski definition) is 5. The average molecular weight is 312 g/mol. The number of halogens is 6. The van der Waals surface area contributed by atoms with Crippen molar-refractivity contribution in [1.29, 1.82) is 0 Å². The van der Waals surface area contributed by atoms with Crippen molar-refractivity contribution in [3.8, 4) is 0 Å². The molecule has 0 bridgehead atoms. The van der Waals surface area contributed by atoms with E-state index in [9.17, 15) is 35.9 Å². The fourth-order valence-corrected chi connectivity index (χ4v) is 1.01. The number of hydrogen-bond donors (Lipinski definition) is 1. The molecule has 5 nitrogen and oxygen atoms in total. The number of carbonyl (C=O) groups is 2. The molecule has 0 aromatic heterocycles. The maximum absolute atomic E-state index is 12.2. The highest BCUT2D eigenvalue weighted by Gasteiger charge is 2.76. The third kappa shape index (κ3) is 3.99. The number of aliphatic hydroxyl groups is 1. The van der Waals surface area contributed by atoms with Crippen LogP contribution in [-0.2, 0) is 19.1 Å². The molecule has 0 aliphatic heterocycles. The van der Waals surface area contributed by atoms with Crippen LogP contribution < -0.4 is 0 Å². The van der Waals surface area contributed by atoms with Crippen LogP contribution in [0, 0.1) is 0 Å². The number of carbonyl (C=O) groups excluding carboxylic acids is 2. The fraction of sp³-hybridized carbons (Fsp3) is 0.778. The third-order valence-corrected chi connectivity index (χ3v) is 1.93. The Balaban J connectivity index is 4.99. The summed E-state index contributed by atoms with van der Waals surface area (Å²) in [6, 6.07) is 0. The van der Waals surface area contributed by atoms with Gasteiger partial charge in [0.2, 0.25) is 0 Å². The smallest absolute Gasteiger partial charge is 0.437 e. The molecule has 118 valence electrons. The van der Waals surface area contributed by atoms with Crippen molar-refractivity contribution in [1.82, 2.24) is 0 Å². The minimum atomic E-state index is -6.31. The van der Waals surface area contributed by atoms with Gasteiger partial charge in [0, 0.05) is 6.92 Å². The number of ether oxygens (including phenoxy) is 2. The summed E-state index contributed by atoms with van der Waals surface area (Å²) in [6.07, 6.45) is -13.9. The zero-order chi connectivity index (χ0) is 16.4. The van der Waals surface area contributed by atoms with E-state index < -0.39 is 42.6 Å². The molecule has 1 N–H and O–H groups in total. The second-order valence-electron chi connectivity index (χ2n) is 3.72. The van der Waals surface area contributed by atoms with Gasteiger partial charge in [-0.3, -0.25) is 4.79 Å². The molecular weight excluding hydrogens is 302 g/mol. The number of alkyl halides is 6. The van der Waals surface area contributed by atoms with Gasteiger partial charge in [0.05, 0.1) is 0 Å². The fourth-order valence-electron chi connectivity index (χ4n) is 1.01. The van der Waals surface area contributed by atoms with Gasteiger partial charge in [-0.2, -0.15) is 26.3 Å². The zero-order valence-corrected chi connectivity index (χ0v) is 10.1. The van der Waals surface area contributed by atoms with Crippen LogP contribution in [0.3, 0.4) is 0 Å². The second-order valence-corrected chi connectivity index (χ2v) is 3.72. The van der Waals surface area contributed by atoms with E-state index in [4.69, 9.17) is 5.11 Å². The molecule has 0 aliphatic carbocycles. The summed E-state index contributed by atoms with van der Waals surface area (Å²) < 4.78 is 81.4. The Morgan fingerprint density at radius 2 is 1.50 bits per heavy atom. The van der Waals surface area contributed by atoms with Crippen LogP contribution in [0.5, 0.6) is 0 Å². The lowest BCUT2D eigenvalue weighted by Gasteiger charge is -2.30. The molecule has 0 rings (SSSR count). The highest BCUT2D eigenvalue weighted by molar-refractivity contribution is 5.81. The minimum Gasteiger partial charge on any atom is -0.459 e. The zero-order valence-electron chi connectivity index (χ0n) is 10.1. The van der Waals surface area contributed by atoms with Gasteiger partial charge in [-0.15, -0.1) is 0 Å². The summed E-state index contributed by atoms with van der Waals surface area (Å²) in [7, 11) is 0. The van der Waals surface area contributed by atoms with Crippen LogP contribution >= 0.6 is 0 Å². The molecule has 0 amide bonds. The standard InChI is InChI=1S/C9H10F6O5/c1-4(20-5(2)16)3-19-6(17)7(18,8(10,11)12)9(13,14)15/h4,18H,3H2,1-2H3. The van der Waals surface area contributed by atoms with E-state index in [0.29, 0.717) is 0 Å². The molecular formula is C9H10F6O5. The molecule has 0 saturated heterocycles. The van der Waals surface area contributed by atoms with Crippen molar-refractivity contribution in [2.24, 2.45) is 0 Å². The van der Waals surface area contributed by atoms with Gasteiger partial charge in [-0.05, 0) is 6.92 Å². The van der Waals surface area contributed by atoms with Crippen LogP contribution in [0.4, 0.5) is 26.3 Å². The Bertz CT molecular complexity index is 360. The molecule has 1 atom stereocenters. The van der Waals surface area contributed by atoms with E-state index in [1.54, 1.807) is 0 Å². The van der Waals surface area contributed by atoms with Gasteiger partial charge in [0.25, 0.3) is 0 Å². The summed E-state index contributed by atoms with van der Waals surface area (Å²) in [4.78, 5) is 21.3. The van der Waals surface area contributed by atoms with E-state index in [1.165, 1.54) is 0 Å². The Morgan fingerprint density at radius 1 is 1.10 bits per heavy atom. The molecule has 1 unspecified atom stereocenters. The van der Waals surface area contributed by atoms with Crippen molar-refractivity contribution >= 4 is 11.9 Å². The van der Waals surface area contributed by atoms with Gasteiger partial charge in [-0.1, -0.05) is 0 Å². The maximum atomic E-state index is 12.2. The second kappa shape index (κ2) is 5.85. The van der Waals surface area contributed by atoms with Crippen LogP contribution in [-0.4, -0.2) is 47.7 Å². The molecule has 0 radical (unpaired) electrons. The van der Waals surface area contributed by atoms with Crippen molar-refractivity contribution in [3.63, 3.8) is 0 Å². The van der Waals surface area contributed by atoms with Crippen molar-refractivity contribution in [3.05, 3.63) is 0 Å². The van der Waals surface area contributed by atoms with E-state index in [0.717, 1.165) is 13.8 Å². The lowest BCUT2D eigenvalue weighted by Crippen LogP contribution is -2.63. The van der Waals surface area contributed by atoms with Crippen LogP contribution in [0.15, 0.2) is 0 Å². The monoisotopic (exact) mass is 312 g/mol. The summed E-state index contributed by atoms with van der Waals surface area (Å²) in [5.41, 5.74) is -5.64. The van der Waals surface area contributed by atoms with Gasteiger partial charge in [0.15, 0.2) is 0 Å². The Morgan fingerprint density at radius 3 is 1.80 bits per heavy atom. The van der Waals surface area contributed by atoms with Crippen LogP contribution in [0.2, 0.25) is 0 Å². The SMILES string of the molecule is CC(=O)OC(C)COC(=O)C(O)(C(F)(F)F)C(F)(F)F. The number of esters is 2. The predicted molar refractivity (Wildman–Crippen MR) is 49.2 cm³/mol. The number of rotatable bonds is 4.